The molecule has 0 heterocycles. The molecular weight excluding hydrogens is 364 g/mol. The molecule has 30 heavy (non-hydrogen) atoms. The molecule has 0 bridgehead atoms. The summed E-state index contributed by atoms with van der Waals surface area (Å²) in [6.45, 7) is 9.16. The fourth-order valence-corrected chi connectivity index (χ4v) is 4.29. The van der Waals surface area contributed by atoms with Gasteiger partial charge in [-0.05, 0) is 71.2 Å². The first-order valence-electron chi connectivity index (χ1n) is 11.1. The molecule has 0 aliphatic carbocycles. The highest BCUT2D eigenvalue weighted by molar-refractivity contribution is 5.45. The predicted molar refractivity (Wildman–Crippen MR) is 131 cm³/mol. The second-order valence-electron chi connectivity index (χ2n) is 9.36. The van der Waals surface area contributed by atoms with Crippen LogP contribution >= 0.6 is 0 Å². The van der Waals surface area contributed by atoms with Crippen molar-refractivity contribution in [2.75, 3.05) is 11.5 Å². The molecule has 3 aromatic rings. The van der Waals surface area contributed by atoms with Crippen molar-refractivity contribution >= 4 is 11.4 Å². The van der Waals surface area contributed by atoms with E-state index in [9.17, 15) is 0 Å². The summed E-state index contributed by atoms with van der Waals surface area (Å²) in [5.41, 5.74) is 18.9. The molecule has 0 aliphatic heterocycles. The summed E-state index contributed by atoms with van der Waals surface area (Å²) >= 11 is 0. The number of rotatable bonds is 8. The van der Waals surface area contributed by atoms with Gasteiger partial charge in [-0.3, -0.25) is 0 Å². The number of nitrogen functional groups attached to an aromatic ring is 2. The van der Waals surface area contributed by atoms with E-state index in [-0.39, 0.29) is 0 Å². The lowest BCUT2D eigenvalue weighted by Crippen LogP contribution is -2.08. The molecule has 0 saturated heterocycles. The third-order valence-corrected chi connectivity index (χ3v) is 5.83. The maximum atomic E-state index is 5.92. The highest BCUT2D eigenvalue weighted by atomic mass is 14.5. The molecule has 2 heteroatoms. The summed E-state index contributed by atoms with van der Waals surface area (Å²) < 4.78 is 0. The SMILES string of the molecule is CC(C)CC(c1ccc(N)cc1)c1ccc(C(CC(C)C)c2ccc(N)cc2)cc1. The number of hydrogen-bond donors (Lipinski definition) is 2. The Balaban J connectivity index is 1.92. The van der Waals surface area contributed by atoms with E-state index in [4.69, 9.17) is 11.5 Å². The molecule has 0 spiro atoms. The highest BCUT2D eigenvalue weighted by Gasteiger charge is 2.19. The predicted octanol–water partition coefficient (Wildman–Crippen LogP) is 7.21. The number of anilines is 2. The number of hydrogen-bond acceptors (Lipinski definition) is 2. The zero-order valence-electron chi connectivity index (χ0n) is 18.8. The lowest BCUT2D eigenvalue weighted by Gasteiger charge is -2.23. The van der Waals surface area contributed by atoms with E-state index in [0.717, 1.165) is 24.2 Å². The minimum atomic E-state index is 0.389. The quantitative estimate of drug-likeness (QED) is 0.393. The van der Waals surface area contributed by atoms with E-state index in [1.54, 1.807) is 0 Å². The maximum absolute atomic E-state index is 5.92. The standard InChI is InChI=1S/C28H36N2/c1-19(2)17-27(23-9-13-25(29)14-10-23)21-5-7-22(8-6-21)28(18-20(3)4)24-11-15-26(30)16-12-24/h5-16,19-20,27-28H,17-18,29-30H2,1-4H3. The van der Waals surface area contributed by atoms with Crippen LogP contribution in [0, 0.1) is 11.8 Å². The summed E-state index contributed by atoms with van der Waals surface area (Å²) in [5.74, 6) is 2.02. The second kappa shape index (κ2) is 9.84. The van der Waals surface area contributed by atoms with Crippen LogP contribution in [0.25, 0.3) is 0 Å². The van der Waals surface area contributed by atoms with E-state index >= 15 is 0 Å². The molecular formula is C28H36N2. The van der Waals surface area contributed by atoms with E-state index in [1.165, 1.54) is 22.3 Å². The molecule has 2 nitrogen and oxygen atoms in total. The molecule has 0 radical (unpaired) electrons. The third kappa shape index (κ3) is 5.66. The first-order valence-corrected chi connectivity index (χ1v) is 11.1. The van der Waals surface area contributed by atoms with Crippen LogP contribution in [-0.2, 0) is 0 Å². The molecule has 3 aromatic carbocycles. The van der Waals surface area contributed by atoms with Crippen LogP contribution in [-0.4, -0.2) is 0 Å². The Kier molecular flexibility index (Phi) is 7.20. The second-order valence-corrected chi connectivity index (χ2v) is 9.36. The Bertz CT molecular complexity index is 828. The average molecular weight is 401 g/mol. The summed E-state index contributed by atoms with van der Waals surface area (Å²) in [6, 6.07) is 26.0. The van der Waals surface area contributed by atoms with Crippen molar-refractivity contribution < 1.29 is 0 Å². The van der Waals surface area contributed by atoms with Gasteiger partial charge in [0.25, 0.3) is 0 Å². The van der Waals surface area contributed by atoms with Crippen LogP contribution in [0.15, 0.2) is 72.8 Å². The van der Waals surface area contributed by atoms with E-state index in [2.05, 4.69) is 76.2 Å². The van der Waals surface area contributed by atoms with Crippen molar-refractivity contribution in [3.8, 4) is 0 Å². The molecule has 0 fully saturated rings. The Hall–Kier alpha value is -2.74. The van der Waals surface area contributed by atoms with Gasteiger partial charge >= 0.3 is 0 Å². The Labute approximate surface area is 182 Å². The van der Waals surface area contributed by atoms with Crippen LogP contribution in [0.1, 0.15) is 74.6 Å². The molecule has 4 N–H and O–H groups in total. The van der Waals surface area contributed by atoms with Gasteiger partial charge in [0.1, 0.15) is 0 Å². The summed E-state index contributed by atoms with van der Waals surface area (Å²) in [6.07, 6.45) is 2.24. The average Bonchev–Trinajstić information content (AvgIpc) is 2.72. The molecule has 0 saturated carbocycles. The molecule has 0 aliphatic rings. The van der Waals surface area contributed by atoms with Gasteiger partial charge < -0.3 is 11.5 Å². The summed E-state index contributed by atoms with van der Waals surface area (Å²) in [5, 5.41) is 0. The van der Waals surface area contributed by atoms with Gasteiger partial charge in [0.2, 0.25) is 0 Å². The Morgan fingerprint density at radius 1 is 0.467 bits per heavy atom. The van der Waals surface area contributed by atoms with Gasteiger partial charge in [-0.15, -0.1) is 0 Å². The van der Waals surface area contributed by atoms with Crippen molar-refractivity contribution in [2.45, 2.75) is 52.4 Å². The Morgan fingerprint density at radius 2 is 0.700 bits per heavy atom. The zero-order valence-corrected chi connectivity index (χ0v) is 18.8. The van der Waals surface area contributed by atoms with E-state index < -0.39 is 0 Å². The van der Waals surface area contributed by atoms with E-state index in [0.29, 0.717) is 23.7 Å². The third-order valence-electron chi connectivity index (χ3n) is 5.83. The first-order chi connectivity index (χ1) is 14.3. The van der Waals surface area contributed by atoms with Crippen LogP contribution in [0.3, 0.4) is 0 Å². The maximum Gasteiger partial charge on any atom is 0.0314 e. The van der Waals surface area contributed by atoms with Gasteiger partial charge in [0, 0.05) is 23.2 Å². The fourth-order valence-electron chi connectivity index (χ4n) is 4.29. The van der Waals surface area contributed by atoms with Gasteiger partial charge in [0.15, 0.2) is 0 Å². The highest BCUT2D eigenvalue weighted by Crippen LogP contribution is 2.35. The smallest absolute Gasteiger partial charge is 0.0314 e. The van der Waals surface area contributed by atoms with Crippen molar-refractivity contribution in [1.82, 2.24) is 0 Å². The van der Waals surface area contributed by atoms with Crippen LogP contribution in [0.2, 0.25) is 0 Å². The van der Waals surface area contributed by atoms with Gasteiger partial charge in [-0.1, -0.05) is 76.2 Å². The molecule has 2 unspecified atom stereocenters. The normalized spacial score (nSPS) is 13.5. The molecule has 2 atom stereocenters. The first kappa shape index (κ1) is 22.0. The lowest BCUT2D eigenvalue weighted by molar-refractivity contribution is 0.537. The summed E-state index contributed by atoms with van der Waals surface area (Å²) in [4.78, 5) is 0. The molecule has 158 valence electrons. The molecule has 0 aromatic heterocycles. The minimum absolute atomic E-state index is 0.389. The van der Waals surface area contributed by atoms with E-state index in [1.807, 2.05) is 24.3 Å². The monoisotopic (exact) mass is 400 g/mol. The van der Waals surface area contributed by atoms with Crippen molar-refractivity contribution in [1.29, 1.82) is 0 Å². The summed E-state index contributed by atoms with van der Waals surface area (Å²) in [7, 11) is 0. The van der Waals surface area contributed by atoms with Gasteiger partial charge in [-0.2, -0.15) is 0 Å². The number of benzene rings is 3. The van der Waals surface area contributed by atoms with Crippen LogP contribution in [0.5, 0.6) is 0 Å². The van der Waals surface area contributed by atoms with Crippen LogP contribution in [0.4, 0.5) is 11.4 Å². The van der Waals surface area contributed by atoms with Crippen LogP contribution < -0.4 is 11.5 Å². The molecule has 0 amide bonds. The fraction of sp³-hybridized carbons (Fsp3) is 0.357. The van der Waals surface area contributed by atoms with Crippen molar-refractivity contribution in [3.63, 3.8) is 0 Å². The van der Waals surface area contributed by atoms with Crippen molar-refractivity contribution in [2.24, 2.45) is 11.8 Å². The Morgan fingerprint density at radius 3 is 0.933 bits per heavy atom. The zero-order chi connectivity index (χ0) is 21.7. The van der Waals surface area contributed by atoms with Gasteiger partial charge in [-0.25, -0.2) is 0 Å². The largest absolute Gasteiger partial charge is 0.399 e. The van der Waals surface area contributed by atoms with Crippen molar-refractivity contribution in [3.05, 3.63) is 95.1 Å². The number of nitrogens with two attached hydrogens (primary N) is 2. The minimum Gasteiger partial charge on any atom is -0.399 e. The molecule has 3 rings (SSSR count). The topological polar surface area (TPSA) is 52.0 Å². The lowest BCUT2D eigenvalue weighted by atomic mass is 9.81. The van der Waals surface area contributed by atoms with Gasteiger partial charge in [0.05, 0.1) is 0 Å².